The van der Waals surface area contributed by atoms with Crippen LogP contribution in [0.1, 0.15) is 11.3 Å². The van der Waals surface area contributed by atoms with Crippen molar-refractivity contribution in [1.29, 1.82) is 0 Å². The minimum absolute atomic E-state index is 0.0269. The maximum atomic E-state index is 12.4. The zero-order valence-electron chi connectivity index (χ0n) is 16.0. The van der Waals surface area contributed by atoms with Crippen molar-refractivity contribution >= 4 is 29.5 Å². The SMILES string of the molecule is Cc1nn(-c2ccccc2)c(Cl)c1C=CC(=O)N(C)CC(=O)N1CCOCC1. The lowest BCUT2D eigenvalue weighted by atomic mass is 10.2. The molecule has 1 aromatic carbocycles. The molecule has 0 spiro atoms. The largest absolute Gasteiger partial charge is 0.378 e. The van der Waals surface area contributed by atoms with E-state index in [-0.39, 0.29) is 18.4 Å². The van der Waals surface area contributed by atoms with E-state index in [4.69, 9.17) is 16.3 Å². The second-order valence-corrected chi connectivity index (χ2v) is 6.92. The number of aromatic nitrogens is 2. The van der Waals surface area contributed by atoms with Crippen LogP contribution >= 0.6 is 11.6 Å². The van der Waals surface area contributed by atoms with Gasteiger partial charge in [0.15, 0.2) is 0 Å². The number of hydrogen-bond acceptors (Lipinski definition) is 4. The molecular formula is C20H23ClN4O3. The third kappa shape index (κ3) is 4.61. The van der Waals surface area contributed by atoms with Crippen molar-refractivity contribution in [3.63, 3.8) is 0 Å². The van der Waals surface area contributed by atoms with E-state index in [0.717, 1.165) is 5.69 Å². The van der Waals surface area contributed by atoms with Gasteiger partial charge in [-0.25, -0.2) is 4.68 Å². The Kier molecular flexibility index (Phi) is 6.49. The standard InChI is InChI=1S/C20H23ClN4O3/c1-15-17(20(21)25(22-15)16-6-4-3-5-7-16)8-9-18(26)23(2)14-19(27)24-10-12-28-13-11-24/h3-9H,10-14H2,1-2H3. The third-order valence-corrected chi connectivity index (χ3v) is 4.92. The van der Waals surface area contributed by atoms with Gasteiger partial charge in [0.1, 0.15) is 5.15 Å². The second kappa shape index (κ2) is 9.03. The fourth-order valence-corrected chi connectivity index (χ4v) is 3.25. The summed E-state index contributed by atoms with van der Waals surface area (Å²) in [6.45, 7) is 4.05. The molecule has 2 heterocycles. The molecule has 1 aliphatic heterocycles. The number of hydrogen-bond donors (Lipinski definition) is 0. The number of carbonyl (C=O) groups excluding carboxylic acids is 2. The van der Waals surface area contributed by atoms with E-state index >= 15 is 0 Å². The Bertz CT molecular complexity index is 873. The quantitative estimate of drug-likeness (QED) is 0.719. The van der Waals surface area contributed by atoms with Gasteiger partial charge in [-0.3, -0.25) is 9.59 Å². The summed E-state index contributed by atoms with van der Waals surface area (Å²) in [5.74, 6) is -0.358. The molecule has 0 bridgehead atoms. The number of halogens is 1. The van der Waals surface area contributed by atoms with Crippen molar-refractivity contribution in [3.8, 4) is 5.69 Å². The Labute approximate surface area is 169 Å². The molecule has 0 unspecified atom stereocenters. The first-order chi connectivity index (χ1) is 13.5. The number of para-hydroxylation sites is 1. The molecule has 7 nitrogen and oxygen atoms in total. The van der Waals surface area contributed by atoms with Gasteiger partial charge in [0.05, 0.1) is 31.1 Å². The highest BCUT2D eigenvalue weighted by Gasteiger charge is 2.20. The van der Waals surface area contributed by atoms with Crippen LogP contribution in [-0.4, -0.2) is 71.3 Å². The Morgan fingerprint density at radius 2 is 1.93 bits per heavy atom. The van der Waals surface area contributed by atoms with Crippen LogP contribution in [0.25, 0.3) is 11.8 Å². The van der Waals surface area contributed by atoms with E-state index in [1.165, 1.54) is 11.0 Å². The van der Waals surface area contributed by atoms with Crippen LogP contribution in [0.4, 0.5) is 0 Å². The van der Waals surface area contributed by atoms with E-state index < -0.39 is 0 Å². The van der Waals surface area contributed by atoms with Crippen LogP contribution in [0.3, 0.4) is 0 Å². The van der Waals surface area contributed by atoms with Crippen molar-refractivity contribution < 1.29 is 14.3 Å². The molecule has 1 aliphatic rings. The molecule has 148 valence electrons. The summed E-state index contributed by atoms with van der Waals surface area (Å²) in [6.07, 6.45) is 3.06. The van der Waals surface area contributed by atoms with Crippen molar-refractivity contribution in [2.45, 2.75) is 6.92 Å². The second-order valence-electron chi connectivity index (χ2n) is 6.56. The summed E-state index contributed by atoms with van der Waals surface area (Å²) in [5.41, 5.74) is 2.23. The smallest absolute Gasteiger partial charge is 0.246 e. The van der Waals surface area contributed by atoms with Crippen LogP contribution in [0, 0.1) is 6.92 Å². The summed E-state index contributed by atoms with van der Waals surface area (Å²) in [4.78, 5) is 27.8. The minimum atomic E-state index is -0.274. The maximum Gasteiger partial charge on any atom is 0.246 e. The fourth-order valence-electron chi connectivity index (χ4n) is 2.92. The molecule has 28 heavy (non-hydrogen) atoms. The number of carbonyl (C=O) groups is 2. The number of aryl methyl sites for hydroxylation is 1. The van der Waals surface area contributed by atoms with Crippen LogP contribution in [0.2, 0.25) is 5.15 Å². The van der Waals surface area contributed by atoms with E-state index in [2.05, 4.69) is 5.10 Å². The van der Waals surface area contributed by atoms with Crippen molar-refractivity contribution in [2.24, 2.45) is 0 Å². The minimum Gasteiger partial charge on any atom is -0.378 e. The first kappa shape index (κ1) is 20.1. The predicted molar refractivity (Wildman–Crippen MR) is 107 cm³/mol. The van der Waals surface area contributed by atoms with E-state index in [0.29, 0.717) is 42.7 Å². The zero-order chi connectivity index (χ0) is 20.1. The molecule has 3 rings (SSSR count). The van der Waals surface area contributed by atoms with Crippen molar-refractivity contribution in [2.75, 3.05) is 39.9 Å². The number of morpholine rings is 1. The van der Waals surface area contributed by atoms with Gasteiger partial charge in [-0.15, -0.1) is 0 Å². The highest BCUT2D eigenvalue weighted by Crippen LogP contribution is 2.24. The molecule has 0 radical (unpaired) electrons. The average molecular weight is 403 g/mol. The van der Waals surface area contributed by atoms with Gasteiger partial charge in [-0.05, 0) is 25.1 Å². The number of nitrogens with zero attached hydrogens (tertiary/aromatic N) is 4. The molecule has 8 heteroatoms. The lowest BCUT2D eigenvalue weighted by molar-refractivity contribution is -0.140. The van der Waals surface area contributed by atoms with E-state index in [9.17, 15) is 9.59 Å². The van der Waals surface area contributed by atoms with Gasteiger partial charge in [-0.2, -0.15) is 5.10 Å². The number of rotatable bonds is 5. The average Bonchev–Trinajstić information content (AvgIpc) is 3.01. The zero-order valence-corrected chi connectivity index (χ0v) is 16.7. The number of amides is 2. The van der Waals surface area contributed by atoms with Crippen LogP contribution in [0.5, 0.6) is 0 Å². The maximum absolute atomic E-state index is 12.4. The predicted octanol–water partition coefficient (Wildman–Crippen LogP) is 2.16. The number of ether oxygens (including phenoxy) is 1. The van der Waals surface area contributed by atoms with Crippen molar-refractivity contribution in [1.82, 2.24) is 19.6 Å². The number of likely N-dealkylation sites (N-methyl/N-ethyl adjacent to an activating group) is 1. The monoisotopic (exact) mass is 402 g/mol. The molecule has 1 aromatic heterocycles. The summed E-state index contributed by atoms with van der Waals surface area (Å²) in [6, 6.07) is 9.54. The molecular weight excluding hydrogens is 380 g/mol. The number of benzene rings is 1. The first-order valence-corrected chi connectivity index (χ1v) is 9.44. The summed E-state index contributed by atoms with van der Waals surface area (Å²) >= 11 is 6.46. The molecule has 0 N–H and O–H groups in total. The first-order valence-electron chi connectivity index (χ1n) is 9.06. The topological polar surface area (TPSA) is 67.7 Å². The summed E-state index contributed by atoms with van der Waals surface area (Å²) in [5, 5.41) is 4.88. The molecule has 2 aromatic rings. The molecule has 1 fully saturated rings. The van der Waals surface area contributed by atoms with Crippen molar-refractivity contribution in [3.05, 3.63) is 52.8 Å². The molecule has 2 amide bonds. The van der Waals surface area contributed by atoms with E-state index in [1.807, 2.05) is 37.3 Å². The van der Waals surface area contributed by atoms with Gasteiger partial charge < -0.3 is 14.5 Å². The van der Waals surface area contributed by atoms with Crippen LogP contribution < -0.4 is 0 Å². The lowest BCUT2D eigenvalue weighted by Gasteiger charge is -2.28. The molecule has 1 saturated heterocycles. The summed E-state index contributed by atoms with van der Waals surface area (Å²) in [7, 11) is 1.60. The molecule has 0 atom stereocenters. The van der Waals surface area contributed by atoms with Crippen LogP contribution in [0.15, 0.2) is 36.4 Å². The normalized spacial score (nSPS) is 14.5. The van der Waals surface area contributed by atoms with Gasteiger partial charge in [-0.1, -0.05) is 29.8 Å². The lowest BCUT2D eigenvalue weighted by Crippen LogP contribution is -2.45. The van der Waals surface area contributed by atoms with Gasteiger partial charge >= 0.3 is 0 Å². The highest BCUT2D eigenvalue weighted by molar-refractivity contribution is 6.31. The van der Waals surface area contributed by atoms with Gasteiger partial charge in [0, 0.05) is 31.8 Å². The Hall–Kier alpha value is -2.64. The fraction of sp³-hybridized carbons (Fsp3) is 0.350. The van der Waals surface area contributed by atoms with E-state index in [1.54, 1.807) is 22.7 Å². The Morgan fingerprint density at radius 3 is 2.61 bits per heavy atom. The van der Waals surface area contributed by atoms with Crippen LogP contribution in [-0.2, 0) is 14.3 Å². The molecule has 0 saturated carbocycles. The highest BCUT2D eigenvalue weighted by atomic mass is 35.5. The Balaban J connectivity index is 1.67. The third-order valence-electron chi connectivity index (χ3n) is 4.55. The molecule has 0 aliphatic carbocycles. The van der Waals surface area contributed by atoms with Gasteiger partial charge in [0.2, 0.25) is 11.8 Å². The van der Waals surface area contributed by atoms with Gasteiger partial charge in [0.25, 0.3) is 0 Å². The Morgan fingerprint density at radius 1 is 1.25 bits per heavy atom. The summed E-state index contributed by atoms with van der Waals surface area (Å²) < 4.78 is 6.87.